The average molecular weight is 343 g/mol. The van der Waals surface area contributed by atoms with Crippen LogP contribution >= 0.6 is 11.6 Å². The minimum absolute atomic E-state index is 0.208. The molecule has 0 aliphatic rings. The van der Waals surface area contributed by atoms with E-state index >= 15 is 0 Å². The minimum Gasteiger partial charge on any atom is -0.469 e. The first kappa shape index (κ1) is 23.7. The van der Waals surface area contributed by atoms with Crippen LogP contribution in [0.1, 0.15) is 66.2 Å². The van der Waals surface area contributed by atoms with E-state index in [1.807, 2.05) is 26.0 Å². The molecule has 0 atom stereocenters. The van der Waals surface area contributed by atoms with Crippen LogP contribution in [0.4, 0.5) is 0 Å². The van der Waals surface area contributed by atoms with Gasteiger partial charge in [-0.25, -0.2) is 0 Å². The first-order chi connectivity index (χ1) is 10.5. The van der Waals surface area contributed by atoms with Gasteiger partial charge < -0.3 is 4.74 Å². The second-order valence-corrected chi connectivity index (χ2v) is 6.90. The summed E-state index contributed by atoms with van der Waals surface area (Å²) in [5.74, 6) is -0.208. The van der Waals surface area contributed by atoms with Crippen molar-refractivity contribution in [3.63, 3.8) is 0 Å². The second kappa shape index (κ2) is 11.9. The molecular formula is C17H27ClN2O3. The second-order valence-electron chi connectivity index (χ2n) is 6.56. The zero-order valence-corrected chi connectivity index (χ0v) is 15.5. The van der Waals surface area contributed by atoms with E-state index in [4.69, 9.17) is 22.1 Å². The van der Waals surface area contributed by atoms with Gasteiger partial charge in [0.1, 0.15) is 0 Å². The number of carbonyl (C=O) groups is 2. The van der Waals surface area contributed by atoms with E-state index in [-0.39, 0.29) is 11.2 Å². The van der Waals surface area contributed by atoms with Gasteiger partial charge in [-0.05, 0) is 51.1 Å². The predicted molar refractivity (Wildman–Crippen MR) is 89.4 cm³/mol. The van der Waals surface area contributed by atoms with E-state index in [1.54, 1.807) is 13.8 Å². The molecule has 0 aliphatic heterocycles. The van der Waals surface area contributed by atoms with Crippen molar-refractivity contribution in [1.29, 1.82) is 10.5 Å². The van der Waals surface area contributed by atoms with Crippen molar-refractivity contribution in [2.45, 2.75) is 66.2 Å². The van der Waals surface area contributed by atoms with E-state index in [0.717, 1.165) is 12.8 Å². The summed E-state index contributed by atoms with van der Waals surface area (Å²) >= 11 is 5.33. The molecule has 0 aromatic carbocycles. The number of nitrogens with zero attached hydrogens (tertiary/aromatic N) is 2. The molecule has 0 amide bonds. The van der Waals surface area contributed by atoms with Gasteiger partial charge in [0.25, 0.3) is 0 Å². The normalized spacial score (nSPS) is 10.6. The fraction of sp³-hybridized carbons (Fsp3) is 0.765. The number of rotatable bonds is 8. The van der Waals surface area contributed by atoms with Crippen molar-refractivity contribution < 1.29 is 14.3 Å². The van der Waals surface area contributed by atoms with Gasteiger partial charge in [-0.1, -0.05) is 13.8 Å². The molecule has 0 heterocycles. The molecule has 0 aromatic rings. The zero-order chi connectivity index (χ0) is 18.5. The summed E-state index contributed by atoms with van der Waals surface area (Å²) in [5, 5.41) is 16.2. The molecule has 5 nitrogen and oxygen atoms in total. The van der Waals surface area contributed by atoms with E-state index in [2.05, 4.69) is 4.74 Å². The van der Waals surface area contributed by atoms with Crippen LogP contribution in [0.2, 0.25) is 0 Å². The van der Waals surface area contributed by atoms with Crippen LogP contribution in [-0.2, 0) is 14.3 Å². The number of nitriles is 2. The summed E-state index contributed by atoms with van der Waals surface area (Å²) in [6.45, 7) is 7.24. The van der Waals surface area contributed by atoms with Crippen molar-refractivity contribution in [3.8, 4) is 12.1 Å². The van der Waals surface area contributed by atoms with Gasteiger partial charge >= 0.3 is 5.97 Å². The number of halogens is 1. The number of ether oxygens (including phenoxy) is 1. The maximum atomic E-state index is 11.1. The van der Waals surface area contributed by atoms with Crippen LogP contribution in [0, 0.1) is 33.5 Å². The van der Waals surface area contributed by atoms with E-state index in [0.29, 0.717) is 25.7 Å². The summed E-state index contributed by atoms with van der Waals surface area (Å²) in [7, 11) is 1.38. The van der Waals surface area contributed by atoms with Crippen LogP contribution in [0.15, 0.2) is 0 Å². The Hall–Kier alpha value is -1.59. The molecule has 23 heavy (non-hydrogen) atoms. The quantitative estimate of drug-likeness (QED) is 0.371. The van der Waals surface area contributed by atoms with Gasteiger partial charge in [-0.2, -0.15) is 10.5 Å². The molecule has 0 saturated carbocycles. The first-order valence-corrected chi connectivity index (χ1v) is 7.95. The maximum Gasteiger partial charge on any atom is 0.311 e. The Morgan fingerprint density at radius 2 is 1.35 bits per heavy atom. The molecule has 0 N–H and O–H groups in total. The fourth-order valence-electron chi connectivity index (χ4n) is 1.70. The number of methoxy groups -OCH3 is 1. The third-order valence-corrected chi connectivity index (χ3v) is 3.96. The summed E-state index contributed by atoms with van der Waals surface area (Å²) < 4.78 is 4.62. The largest absolute Gasteiger partial charge is 0.469 e. The molecule has 0 unspecified atom stereocenters. The predicted octanol–water partition coefficient (Wildman–Crippen LogP) is 4.35. The third-order valence-electron chi connectivity index (χ3n) is 3.45. The molecule has 0 fully saturated rings. The van der Waals surface area contributed by atoms with Crippen molar-refractivity contribution >= 4 is 22.8 Å². The number of esters is 1. The highest BCUT2D eigenvalue weighted by molar-refractivity contribution is 6.64. The number of hydrogen-bond acceptors (Lipinski definition) is 5. The van der Waals surface area contributed by atoms with Gasteiger partial charge in [0.05, 0.1) is 24.7 Å². The Labute approximate surface area is 144 Å². The van der Waals surface area contributed by atoms with Crippen LogP contribution in [0.5, 0.6) is 0 Å². The van der Waals surface area contributed by atoms with E-state index in [9.17, 15) is 9.59 Å². The highest BCUT2D eigenvalue weighted by atomic mass is 35.5. The van der Waals surface area contributed by atoms with Crippen LogP contribution in [-0.4, -0.2) is 18.3 Å². The third kappa shape index (κ3) is 11.6. The molecule has 130 valence electrons. The fourth-order valence-corrected chi connectivity index (χ4v) is 1.79. The SMILES string of the molecule is CC(C)(CCCC#N)C(=O)Cl.COC(=O)C(C)(C)CCCC#N. The Kier molecular flexibility index (Phi) is 12.3. The molecule has 0 radical (unpaired) electrons. The average Bonchev–Trinajstić information content (AvgIpc) is 2.47. The molecule has 0 rings (SSSR count). The summed E-state index contributed by atoms with van der Waals surface area (Å²) in [4.78, 5) is 21.9. The van der Waals surface area contributed by atoms with Crippen molar-refractivity contribution in [1.82, 2.24) is 0 Å². The molecule has 0 aliphatic carbocycles. The first-order valence-electron chi connectivity index (χ1n) is 7.57. The lowest BCUT2D eigenvalue weighted by molar-refractivity contribution is -0.151. The van der Waals surface area contributed by atoms with E-state index in [1.165, 1.54) is 7.11 Å². The zero-order valence-electron chi connectivity index (χ0n) is 14.7. The Morgan fingerprint density at radius 1 is 0.957 bits per heavy atom. The topological polar surface area (TPSA) is 90.9 Å². The van der Waals surface area contributed by atoms with Crippen LogP contribution in [0.3, 0.4) is 0 Å². The molecule has 0 saturated heterocycles. The Bertz CT molecular complexity index is 459. The summed E-state index contributed by atoms with van der Waals surface area (Å²) in [6, 6.07) is 4.07. The van der Waals surface area contributed by atoms with Crippen LogP contribution < -0.4 is 0 Å². The van der Waals surface area contributed by atoms with Crippen molar-refractivity contribution in [2.75, 3.05) is 7.11 Å². The summed E-state index contributed by atoms with van der Waals surface area (Å²) in [6.07, 6.45) is 3.87. The molecule has 6 heteroatoms. The summed E-state index contributed by atoms with van der Waals surface area (Å²) in [5.41, 5.74) is -0.927. The lowest BCUT2D eigenvalue weighted by Crippen LogP contribution is -2.25. The Morgan fingerprint density at radius 3 is 1.65 bits per heavy atom. The highest BCUT2D eigenvalue weighted by Crippen LogP contribution is 2.26. The number of unbranched alkanes of at least 4 members (excludes halogenated alkanes) is 2. The van der Waals surface area contributed by atoms with Crippen molar-refractivity contribution in [2.24, 2.45) is 10.8 Å². The monoisotopic (exact) mass is 342 g/mol. The number of hydrogen-bond donors (Lipinski definition) is 0. The molecule has 0 bridgehead atoms. The number of carbonyl (C=O) groups excluding carboxylic acids is 2. The minimum atomic E-state index is -0.474. The van der Waals surface area contributed by atoms with E-state index < -0.39 is 10.8 Å². The Balaban J connectivity index is 0. The highest BCUT2D eigenvalue weighted by Gasteiger charge is 2.27. The molecule has 0 aromatic heterocycles. The van der Waals surface area contributed by atoms with Gasteiger partial charge in [-0.3, -0.25) is 9.59 Å². The lowest BCUT2D eigenvalue weighted by Gasteiger charge is -2.20. The standard InChI is InChI=1S/C9H15NO2.C8H12ClNO/c1-9(2,8(11)12-3)6-4-5-7-10;1-8(2,7(9)11)5-3-4-6-10/h4-6H2,1-3H3;3-5H2,1-2H3. The molecular weight excluding hydrogens is 316 g/mol. The lowest BCUT2D eigenvalue weighted by atomic mass is 9.87. The maximum absolute atomic E-state index is 11.1. The smallest absolute Gasteiger partial charge is 0.311 e. The van der Waals surface area contributed by atoms with Crippen molar-refractivity contribution in [3.05, 3.63) is 0 Å². The van der Waals surface area contributed by atoms with Crippen LogP contribution in [0.25, 0.3) is 0 Å². The van der Waals surface area contributed by atoms with Gasteiger partial charge in [0.15, 0.2) is 0 Å². The van der Waals surface area contributed by atoms with Gasteiger partial charge in [0.2, 0.25) is 5.24 Å². The van der Waals surface area contributed by atoms with Gasteiger partial charge in [-0.15, -0.1) is 0 Å². The van der Waals surface area contributed by atoms with Gasteiger partial charge in [0, 0.05) is 18.3 Å². The molecule has 0 spiro atoms.